The van der Waals surface area contributed by atoms with Crippen LogP contribution in [-0.2, 0) is 10.0 Å². The summed E-state index contributed by atoms with van der Waals surface area (Å²) in [6.45, 7) is 1.000. The predicted octanol–water partition coefficient (Wildman–Crippen LogP) is 2.65. The van der Waals surface area contributed by atoms with Gasteiger partial charge in [-0.2, -0.15) is 9.61 Å². The van der Waals surface area contributed by atoms with Gasteiger partial charge in [0.2, 0.25) is 15.0 Å². The number of piperidine rings is 1. The van der Waals surface area contributed by atoms with Crippen molar-refractivity contribution in [2.45, 2.75) is 18.8 Å². The molecule has 3 heterocycles. The molecule has 0 amide bonds. The molecule has 0 radical (unpaired) electrons. The summed E-state index contributed by atoms with van der Waals surface area (Å²) in [6.07, 6.45) is 2.68. The third-order valence-corrected chi connectivity index (χ3v) is 6.97. The number of hydrogen-bond donors (Lipinski definition) is 0. The van der Waals surface area contributed by atoms with Crippen molar-refractivity contribution >= 4 is 37.9 Å². The van der Waals surface area contributed by atoms with Gasteiger partial charge < -0.3 is 0 Å². The van der Waals surface area contributed by atoms with Gasteiger partial charge in [-0.25, -0.2) is 12.7 Å². The molecule has 1 aromatic carbocycles. The van der Waals surface area contributed by atoms with Gasteiger partial charge in [0.15, 0.2) is 5.82 Å². The zero-order chi connectivity index (χ0) is 17.6. The summed E-state index contributed by atoms with van der Waals surface area (Å²) in [4.78, 5) is 0.718. The van der Waals surface area contributed by atoms with E-state index in [-0.39, 0.29) is 5.92 Å². The highest BCUT2D eigenvalue weighted by Crippen LogP contribution is 2.33. The second-order valence-electron chi connectivity index (χ2n) is 6.08. The summed E-state index contributed by atoms with van der Waals surface area (Å²) in [5.74, 6) is 0.937. The Hall–Kier alpha value is -1.55. The lowest BCUT2D eigenvalue weighted by Gasteiger charge is -2.28. The number of halogens is 1. The van der Waals surface area contributed by atoms with Crippen molar-refractivity contribution in [3.63, 3.8) is 0 Å². The monoisotopic (exact) mass is 397 g/mol. The van der Waals surface area contributed by atoms with Crippen LogP contribution in [0.1, 0.15) is 24.6 Å². The van der Waals surface area contributed by atoms with E-state index in [1.807, 2.05) is 24.3 Å². The first kappa shape index (κ1) is 16.9. The van der Waals surface area contributed by atoms with Crippen molar-refractivity contribution in [2.75, 3.05) is 19.3 Å². The smallest absolute Gasteiger partial charge is 0.213 e. The maximum atomic E-state index is 11.7. The Kier molecular flexibility index (Phi) is 4.27. The lowest BCUT2D eigenvalue weighted by molar-refractivity contribution is 0.313. The Labute approximate surface area is 154 Å². The molecule has 7 nitrogen and oxygen atoms in total. The average Bonchev–Trinajstić information content (AvgIpc) is 3.15. The normalized spacial score (nSPS) is 17.4. The summed E-state index contributed by atoms with van der Waals surface area (Å²) in [5, 5.41) is 14.6. The first-order chi connectivity index (χ1) is 11.9. The van der Waals surface area contributed by atoms with Crippen LogP contribution in [0.5, 0.6) is 0 Å². The van der Waals surface area contributed by atoms with Crippen LogP contribution in [0.25, 0.3) is 15.5 Å². The fraction of sp³-hybridized carbons (Fsp3) is 0.400. The molecule has 1 fully saturated rings. The number of fused-ring (bicyclic) bond motifs is 1. The van der Waals surface area contributed by atoms with Gasteiger partial charge in [0.25, 0.3) is 0 Å². The van der Waals surface area contributed by atoms with E-state index >= 15 is 0 Å². The minimum absolute atomic E-state index is 0.147. The van der Waals surface area contributed by atoms with E-state index in [0.29, 0.717) is 31.0 Å². The van der Waals surface area contributed by atoms with Crippen molar-refractivity contribution < 1.29 is 8.42 Å². The van der Waals surface area contributed by atoms with Crippen molar-refractivity contribution in [3.8, 4) is 10.6 Å². The van der Waals surface area contributed by atoms with Gasteiger partial charge in [-0.3, -0.25) is 0 Å². The molecule has 132 valence electrons. The highest BCUT2D eigenvalue weighted by molar-refractivity contribution is 7.88. The summed E-state index contributed by atoms with van der Waals surface area (Å²) in [6, 6.07) is 7.57. The third-order valence-electron chi connectivity index (χ3n) is 4.41. The molecule has 0 atom stereocenters. The molecule has 1 aliphatic rings. The quantitative estimate of drug-likeness (QED) is 0.678. The molecule has 3 aromatic rings. The highest BCUT2D eigenvalue weighted by Gasteiger charge is 2.29. The number of aromatic nitrogens is 4. The predicted molar refractivity (Wildman–Crippen MR) is 97.5 cm³/mol. The Morgan fingerprint density at radius 1 is 1.20 bits per heavy atom. The summed E-state index contributed by atoms with van der Waals surface area (Å²) in [7, 11) is -3.14. The molecule has 25 heavy (non-hydrogen) atoms. The molecule has 1 aliphatic heterocycles. The molecular formula is C15H16ClN5O2S2. The molecule has 0 aliphatic carbocycles. The molecule has 1 saturated heterocycles. The van der Waals surface area contributed by atoms with Crippen molar-refractivity contribution in [1.29, 1.82) is 0 Å². The van der Waals surface area contributed by atoms with Gasteiger partial charge in [0, 0.05) is 24.6 Å². The second kappa shape index (κ2) is 6.31. The highest BCUT2D eigenvalue weighted by atomic mass is 35.5. The zero-order valence-electron chi connectivity index (χ0n) is 13.5. The van der Waals surface area contributed by atoms with E-state index in [2.05, 4.69) is 15.3 Å². The van der Waals surface area contributed by atoms with E-state index in [1.54, 1.807) is 4.52 Å². The van der Waals surface area contributed by atoms with Gasteiger partial charge in [-0.15, -0.1) is 10.2 Å². The maximum absolute atomic E-state index is 11.7. The molecule has 0 bridgehead atoms. The molecule has 2 aromatic heterocycles. The Bertz CT molecular complexity index is 1020. The second-order valence-corrected chi connectivity index (χ2v) is 9.42. The molecular weight excluding hydrogens is 382 g/mol. The lowest BCUT2D eigenvalue weighted by atomic mass is 9.97. The van der Waals surface area contributed by atoms with Gasteiger partial charge >= 0.3 is 0 Å². The minimum Gasteiger partial charge on any atom is -0.213 e. The number of sulfonamides is 1. The number of hydrogen-bond acceptors (Lipinski definition) is 6. The third kappa shape index (κ3) is 3.17. The van der Waals surface area contributed by atoms with Gasteiger partial charge in [-0.1, -0.05) is 41.1 Å². The van der Waals surface area contributed by atoms with Crippen LogP contribution in [0.2, 0.25) is 5.02 Å². The Morgan fingerprint density at radius 2 is 1.92 bits per heavy atom. The van der Waals surface area contributed by atoms with E-state index in [4.69, 9.17) is 11.6 Å². The molecule has 0 saturated carbocycles. The number of rotatable bonds is 3. The fourth-order valence-electron chi connectivity index (χ4n) is 3.08. The molecule has 0 spiro atoms. The van der Waals surface area contributed by atoms with Crippen LogP contribution in [0.15, 0.2) is 24.3 Å². The zero-order valence-corrected chi connectivity index (χ0v) is 15.9. The van der Waals surface area contributed by atoms with E-state index in [1.165, 1.54) is 21.9 Å². The Morgan fingerprint density at radius 3 is 2.60 bits per heavy atom. The van der Waals surface area contributed by atoms with Gasteiger partial charge in [-0.05, 0) is 18.9 Å². The van der Waals surface area contributed by atoms with Crippen molar-refractivity contribution in [3.05, 3.63) is 35.1 Å². The number of nitrogens with zero attached hydrogens (tertiary/aromatic N) is 5. The largest absolute Gasteiger partial charge is 0.234 e. The standard InChI is InChI=1S/C15H16ClN5O2S2/c1-25(22,23)20-8-6-10(7-9-20)13-17-18-15-21(13)19-14(24-15)11-4-2-3-5-12(11)16/h2-5,10H,6-9H2,1H3. The topological polar surface area (TPSA) is 80.5 Å². The first-order valence-corrected chi connectivity index (χ1v) is 10.9. The lowest BCUT2D eigenvalue weighted by Crippen LogP contribution is -2.37. The molecule has 4 rings (SSSR count). The van der Waals surface area contributed by atoms with Crippen molar-refractivity contribution in [2.24, 2.45) is 0 Å². The van der Waals surface area contributed by atoms with Crippen LogP contribution in [0.3, 0.4) is 0 Å². The average molecular weight is 398 g/mol. The molecule has 10 heteroatoms. The fourth-order valence-corrected chi connectivity index (χ4v) is 5.12. The van der Waals surface area contributed by atoms with E-state index in [0.717, 1.165) is 21.4 Å². The summed E-state index contributed by atoms with van der Waals surface area (Å²) >= 11 is 7.70. The molecule has 0 N–H and O–H groups in total. The van der Waals surface area contributed by atoms with Crippen LogP contribution >= 0.6 is 22.9 Å². The van der Waals surface area contributed by atoms with E-state index < -0.39 is 10.0 Å². The summed E-state index contributed by atoms with van der Waals surface area (Å²) < 4.78 is 26.6. The van der Waals surface area contributed by atoms with Crippen LogP contribution in [0, 0.1) is 0 Å². The first-order valence-electron chi connectivity index (χ1n) is 7.85. The Balaban J connectivity index is 1.63. The van der Waals surface area contributed by atoms with E-state index in [9.17, 15) is 8.42 Å². The van der Waals surface area contributed by atoms with Crippen molar-refractivity contribution in [1.82, 2.24) is 24.1 Å². The molecule has 0 unspecified atom stereocenters. The number of benzene rings is 1. The minimum atomic E-state index is -3.14. The van der Waals surface area contributed by atoms with Crippen LogP contribution in [0.4, 0.5) is 0 Å². The summed E-state index contributed by atoms with van der Waals surface area (Å²) in [5.41, 5.74) is 0.873. The van der Waals surface area contributed by atoms with Gasteiger partial charge in [0.05, 0.1) is 11.3 Å². The van der Waals surface area contributed by atoms with Crippen LogP contribution in [-0.4, -0.2) is 51.9 Å². The maximum Gasteiger partial charge on any atom is 0.234 e. The van der Waals surface area contributed by atoms with Gasteiger partial charge in [0.1, 0.15) is 5.01 Å². The SMILES string of the molecule is CS(=O)(=O)N1CCC(c2nnc3sc(-c4ccccc4Cl)nn23)CC1. The van der Waals surface area contributed by atoms with Crippen LogP contribution < -0.4 is 0 Å².